The molecule has 1 N–H and O–H groups in total. The first-order chi connectivity index (χ1) is 7.29. The number of rotatable bonds is 3. The maximum atomic E-state index is 3.89. The number of hydrogen-bond donors (Lipinski definition) is 1. The van der Waals surface area contributed by atoms with E-state index in [2.05, 4.69) is 24.1 Å². The Balaban J connectivity index is 1.77. The van der Waals surface area contributed by atoms with E-state index in [-0.39, 0.29) is 0 Å². The van der Waals surface area contributed by atoms with Crippen molar-refractivity contribution in [3.63, 3.8) is 0 Å². The summed E-state index contributed by atoms with van der Waals surface area (Å²) >= 11 is 0. The molecule has 2 atom stereocenters. The monoisotopic (exact) mass is 210 g/mol. The number of nitrogens with zero attached hydrogens (tertiary/aromatic N) is 1. The second-order valence-electron chi connectivity index (χ2n) is 5.41. The van der Waals surface area contributed by atoms with E-state index in [1.54, 1.807) is 0 Å². The van der Waals surface area contributed by atoms with Crippen molar-refractivity contribution in [2.45, 2.75) is 58.0 Å². The van der Waals surface area contributed by atoms with Crippen molar-refractivity contribution in [3.05, 3.63) is 0 Å². The van der Waals surface area contributed by atoms with E-state index < -0.39 is 0 Å². The quantitative estimate of drug-likeness (QED) is 0.768. The minimum atomic E-state index is 0.788. The predicted molar refractivity (Wildman–Crippen MR) is 65.1 cm³/mol. The Morgan fingerprint density at radius 2 is 1.93 bits per heavy atom. The van der Waals surface area contributed by atoms with E-state index in [4.69, 9.17) is 0 Å². The van der Waals surface area contributed by atoms with Crippen LogP contribution in [0.4, 0.5) is 0 Å². The summed E-state index contributed by atoms with van der Waals surface area (Å²) in [5.74, 6) is 0.833. The van der Waals surface area contributed by atoms with E-state index in [0.29, 0.717) is 0 Å². The van der Waals surface area contributed by atoms with Gasteiger partial charge in [-0.05, 0) is 38.3 Å². The number of piperidine rings is 1. The van der Waals surface area contributed by atoms with Crippen molar-refractivity contribution >= 4 is 0 Å². The van der Waals surface area contributed by atoms with Crippen molar-refractivity contribution in [2.24, 2.45) is 5.92 Å². The Labute approximate surface area is 94.4 Å². The minimum Gasteiger partial charge on any atom is -0.311 e. The highest BCUT2D eigenvalue weighted by Crippen LogP contribution is 2.22. The smallest absolute Gasteiger partial charge is 0.0120 e. The summed E-state index contributed by atoms with van der Waals surface area (Å²) in [6.45, 7) is 8.50. The summed E-state index contributed by atoms with van der Waals surface area (Å²) in [5, 5.41) is 3.89. The third-order valence-corrected chi connectivity index (χ3v) is 4.24. The Hall–Kier alpha value is -0.0800. The second kappa shape index (κ2) is 5.31. The maximum absolute atomic E-state index is 3.89. The highest BCUT2D eigenvalue weighted by Gasteiger charge is 2.27. The zero-order valence-corrected chi connectivity index (χ0v) is 10.3. The molecule has 2 nitrogen and oxygen atoms in total. The van der Waals surface area contributed by atoms with Gasteiger partial charge in [-0.1, -0.05) is 26.7 Å². The second-order valence-corrected chi connectivity index (χ2v) is 5.41. The van der Waals surface area contributed by atoms with Gasteiger partial charge in [-0.2, -0.15) is 0 Å². The molecular formula is C13H26N2. The van der Waals surface area contributed by atoms with Gasteiger partial charge < -0.3 is 10.2 Å². The lowest BCUT2D eigenvalue weighted by atomic mass is 9.93. The van der Waals surface area contributed by atoms with Crippen LogP contribution in [0.3, 0.4) is 0 Å². The zero-order valence-electron chi connectivity index (χ0n) is 10.3. The van der Waals surface area contributed by atoms with E-state index in [1.165, 1.54) is 51.7 Å². The molecule has 1 saturated carbocycles. The minimum absolute atomic E-state index is 0.788. The molecule has 0 bridgehead atoms. The molecule has 0 aromatic carbocycles. The lowest BCUT2D eigenvalue weighted by Crippen LogP contribution is -2.50. The molecule has 1 aliphatic heterocycles. The molecule has 2 rings (SSSR count). The van der Waals surface area contributed by atoms with Gasteiger partial charge >= 0.3 is 0 Å². The fourth-order valence-corrected chi connectivity index (χ4v) is 3.16. The summed E-state index contributed by atoms with van der Waals surface area (Å²) in [6, 6.07) is 1.63. The van der Waals surface area contributed by atoms with Crippen molar-refractivity contribution in [1.29, 1.82) is 0 Å². The van der Waals surface area contributed by atoms with Gasteiger partial charge in [-0.15, -0.1) is 0 Å². The van der Waals surface area contributed by atoms with Crippen LogP contribution in [0.25, 0.3) is 0 Å². The zero-order chi connectivity index (χ0) is 10.7. The van der Waals surface area contributed by atoms with Gasteiger partial charge in [0.15, 0.2) is 0 Å². The molecule has 2 fully saturated rings. The Kier molecular flexibility index (Phi) is 4.04. The maximum Gasteiger partial charge on any atom is 0.0120 e. The van der Waals surface area contributed by atoms with Gasteiger partial charge in [-0.3, -0.25) is 0 Å². The highest BCUT2D eigenvalue weighted by atomic mass is 15.1. The summed E-state index contributed by atoms with van der Waals surface area (Å²) in [6.07, 6.45) is 7.08. The Morgan fingerprint density at radius 3 is 2.53 bits per heavy atom. The van der Waals surface area contributed by atoms with Crippen LogP contribution in [0.15, 0.2) is 0 Å². The number of likely N-dealkylation sites (tertiary alicyclic amines) is 1. The third-order valence-electron chi connectivity index (χ3n) is 4.24. The molecule has 15 heavy (non-hydrogen) atoms. The topological polar surface area (TPSA) is 15.3 Å². The third kappa shape index (κ3) is 2.94. The van der Waals surface area contributed by atoms with Crippen LogP contribution in [0, 0.1) is 5.92 Å². The molecule has 2 aliphatic rings. The van der Waals surface area contributed by atoms with Gasteiger partial charge in [0.25, 0.3) is 0 Å². The molecule has 0 aromatic rings. The molecule has 1 saturated heterocycles. The first kappa shape index (κ1) is 11.4. The van der Waals surface area contributed by atoms with Gasteiger partial charge in [0.1, 0.15) is 0 Å². The van der Waals surface area contributed by atoms with Gasteiger partial charge in [0.05, 0.1) is 0 Å². The van der Waals surface area contributed by atoms with Crippen LogP contribution in [-0.4, -0.2) is 36.6 Å². The van der Waals surface area contributed by atoms with Crippen LogP contribution in [0.2, 0.25) is 0 Å². The lowest BCUT2D eigenvalue weighted by Gasteiger charge is -2.38. The lowest BCUT2D eigenvalue weighted by molar-refractivity contribution is 0.146. The van der Waals surface area contributed by atoms with Crippen LogP contribution in [0.5, 0.6) is 0 Å². The summed E-state index contributed by atoms with van der Waals surface area (Å²) < 4.78 is 0. The Bertz CT molecular complexity index is 187. The average molecular weight is 210 g/mol. The molecule has 2 unspecified atom stereocenters. The van der Waals surface area contributed by atoms with E-state index >= 15 is 0 Å². The molecule has 1 aliphatic carbocycles. The van der Waals surface area contributed by atoms with Gasteiger partial charge in [0.2, 0.25) is 0 Å². The van der Waals surface area contributed by atoms with Crippen LogP contribution >= 0.6 is 0 Å². The fourth-order valence-electron chi connectivity index (χ4n) is 3.16. The van der Waals surface area contributed by atoms with Crippen LogP contribution in [0.1, 0.15) is 46.0 Å². The fraction of sp³-hybridized carbons (Fsp3) is 1.00. The largest absolute Gasteiger partial charge is 0.311 e. The molecule has 88 valence electrons. The molecule has 1 heterocycles. The Morgan fingerprint density at radius 1 is 1.20 bits per heavy atom. The SMILES string of the molecule is CCN1CCC(NC2CCCC2)C(C)C1. The standard InChI is InChI=1S/C13H26N2/c1-3-15-9-8-13(11(2)10-15)14-12-6-4-5-7-12/h11-14H,3-10H2,1-2H3. The number of nitrogens with one attached hydrogen (secondary N) is 1. The van der Waals surface area contributed by atoms with E-state index in [1.807, 2.05) is 0 Å². The molecule has 2 heteroatoms. The van der Waals surface area contributed by atoms with E-state index in [0.717, 1.165) is 18.0 Å². The predicted octanol–water partition coefficient (Wildman–Crippen LogP) is 2.25. The summed E-state index contributed by atoms with van der Waals surface area (Å²) in [5.41, 5.74) is 0. The number of hydrogen-bond acceptors (Lipinski definition) is 2. The van der Waals surface area contributed by atoms with Crippen LogP contribution < -0.4 is 5.32 Å². The van der Waals surface area contributed by atoms with Crippen molar-refractivity contribution in [2.75, 3.05) is 19.6 Å². The van der Waals surface area contributed by atoms with Crippen molar-refractivity contribution in [3.8, 4) is 0 Å². The van der Waals surface area contributed by atoms with Crippen molar-refractivity contribution < 1.29 is 0 Å². The first-order valence-electron chi connectivity index (χ1n) is 6.78. The van der Waals surface area contributed by atoms with Gasteiger partial charge in [0, 0.05) is 18.6 Å². The highest BCUT2D eigenvalue weighted by molar-refractivity contribution is 4.86. The molecule has 0 spiro atoms. The van der Waals surface area contributed by atoms with Gasteiger partial charge in [-0.25, -0.2) is 0 Å². The molecule has 0 amide bonds. The first-order valence-corrected chi connectivity index (χ1v) is 6.78. The molecule has 0 aromatic heterocycles. The average Bonchev–Trinajstić information content (AvgIpc) is 2.74. The summed E-state index contributed by atoms with van der Waals surface area (Å²) in [4.78, 5) is 2.58. The molecular weight excluding hydrogens is 184 g/mol. The molecule has 0 radical (unpaired) electrons. The summed E-state index contributed by atoms with van der Waals surface area (Å²) in [7, 11) is 0. The normalized spacial score (nSPS) is 34.8. The van der Waals surface area contributed by atoms with E-state index in [9.17, 15) is 0 Å². The van der Waals surface area contributed by atoms with Crippen LogP contribution in [-0.2, 0) is 0 Å². The van der Waals surface area contributed by atoms with Crippen molar-refractivity contribution in [1.82, 2.24) is 10.2 Å².